The maximum Gasteiger partial charge on any atom is 0.315 e. The number of benzene rings is 2. The predicted octanol–water partition coefficient (Wildman–Crippen LogP) is 3.28. The molecule has 5 heteroatoms. The summed E-state index contributed by atoms with van der Waals surface area (Å²) < 4.78 is 13.4. The highest BCUT2D eigenvalue weighted by atomic mass is 19.1. The quantitative estimate of drug-likeness (QED) is 0.723. The molecule has 1 saturated carbocycles. The second-order valence-electron chi connectivity index (χ2n) is 6.59. The molecular weight excluding hydrogens is 319 g/mol. The third-order valence-electron chi connectivity index (χ3n) is 4.80. The number of nitrogens with one attached hydrogen (secondary N) is 2. The van der Waals surface area contributed by atoms with Crippen molar-refractivity contribution in [2.24, 2.45) is 0 Å². The summed E-state index contributed by atoms with van der Waals surface area (Å²) in [4.78, 5) is 12.3. The highest BCUT2D eigenvalue weighted by molar-refractivity contribution is 5.74. The van der Waals surface area contributed by atoms with Crippen LogP contribution in [0.1, 0.15) is 36.4 Å². The van der Waals surface area contributed by atoms with Crippen LogP contribution in [0.2, 0.25) is 0 Å². The molecule has 0 heterocycles. The second kappa shape index (κ2) is 7.66. The van der Waals surface area contributed by atoms with E-state index in [2.05, 4.69) is 10.6 Å². The zero-order chi connectivity index (χ0) is 17.7. The van der Waals surface area contributed by atoms with Gasteiger partial charge in [0.15, 0.2) is 0 Å². The molecule has 1 atom stereocenters. The van der Waals surface area contributed by atoms with Gasteiger partial charge in [-0.2, -0.15) is 0 Å². The third kappa shape index (κ3) is 4.37. The number of aliphatic hydroxyl groups is 1. The Kier molecular flexibility index (Phi) is 5.34. The third-order valence-corrected chi connectivity index (χ3v) is 4.80. The highest BCUT2D eigenvalue weighted by Gasteiger charge is 2.44. The summed E-state index contributed by atoms with van der Waals surface area (Å²) >= 11 is 0. The minimum atomic E-state index is -0.273. The first kappa shape index (κ1) is 17.4. The lowest BCUT2D eigenvalue weighted by Gasteiger charge is -2.21. The molecular formula is C20H23FN2O2. The van der Waals surface area contributed by atoms with Crippen LogP contribution in [0.15, 0.2) is 54.6 Å². The molecule has 1 fully saturated rings. The van der Waals surface area contributed by atoms with E-state index >= 15 is 0 Å². The van der Waals surface area contributed by atoms with Crippen molar-refractivity contribution >= 4 is 6.03 Å². The first-order valence-corrected chi connectivity index (χ1v) is 8.59. The Hall–Kier alpha value is -2.40. The smallest absolute Gasteiger partial charge is 0.315 e. The fourth-order valence-corrected chi connectivity index (χ4v) is 3.13. The molecule has 0 unspecified atom stereocenters. The largest absolute Gasteiger partial charge is 0.396 e. The number of carbonyl (C=O) groups excluding carboxylic acids is 1. The molecule has 3 rings (SSSR count). The number of hydrogen-bond donors (Lipinski definition) is 3. The van der Waals surface area contributed by atoms with Crippen LogP contribution in [-0.4, -0.2) is 24.3 Å². The van der Waals surface area contributed by atoms with Gasteiger partial charge in [0.25, 0.3) is 0 Å². The molecule has 0 radical (unpaired) electrons. The molecule has 25 heavy (non-hydrogen) atoms. The standard InChI is InChI=1S/C20H23FN2O2/c21-17-8-4-7-16(13-17)20(10-11-20)14-22-19(25)23-18(9-12-24)15-5-2-1-3-6-15/h1-8,13,18,24H,9-12,14H2,(H2,22,23,25)/t18-/m1/s1. The molecule has 0 spiro atoms. The lowest BCUT2D eigenvalue weighted by Crippen LogP contribution is -2.41. The molecule has 0 aromatic heterocycles. The van der Waals surface area contributed by atoms with Gasteiger partial charge in [0.2, 0.25) is 0 Å². The van der Waals surface area contributed by atoms with Gasteiger partial charge in [-0.05, 0) is 42.5 Å². The highest BCUT2D eigenvalue weighted by Crippen LogP contribution is 2.47. The van der Waals surface area contributed by atoms with Gasteiger partial charge < -0.3 is 15.7 Å². The Morgan fingerprint density at radius 1 is 1.16 bits per heavy atom. The number of rotatable bonds is 7. The van der Waals surface area contributed by atoms with Crippen LogP contribution in [0.25, 0.3) is 0 Å². The maximum absolute atomic E-state index is 13.4. The molecule has 1 aliphatic rings. The van der Waals surface area contributed by atoms with Gasteiger partial charge in [-0.25, -0.2) is 9.18 Å². The number of amides is 2. The predicted molar refractivity (Wildman–Crippen MR) is 94.7 cm³/mol. The molecule has 132 valence electrons. The topological polar surface area (TPSA) is 61.4 Å². The van der Waals surface area contributed by atoms with Crippen LogP contribution in [0.3, 0.4) is 0 Å². The number of halogens is 1. The normalized spacial score (nSPS) is 16.1. The Morgan fingerprint density at radius 3 is 2.56 bits per heavy atom. The van der Waals surface area contributed by atoms with Crippen LogP contribution >= 0.6 is 0 Å². The van der Waals surface area contributed by atoms with Gasteiger partial charge in [-0.1, -0.05) is 42.5 Å². The van der Waals surface area contributed by atoms with Crippen LogP contribution < -0.4 is 10.6 Å². The van der Waals surface area contributed by atoms with Gasteiger partial charge in [-0.3, -0.25) is 0 Å². The summed E-state index contributed by atoms with van der Waals surface area (Å²) in [6, 6.07) is 15.7. The van der Waals surface area contributed by atoms with E-state index in [1.165, 1.54) is 6.07 Å². The van der Waals surface area contributed by atoms with Crippen molar-refractivity contribution < 1.29 is 14.3 Å². The molecule has 2 aromatic carbocycles. The summed E-state index contributed by atoms with van der Waals surface area (Å²) in [5, 5.41) is 15.1. The molecule has 3 N–H and O–H groups in total. The van der Waals surface area contributed by atoms with Gasteiger partial charge in [0.1, 0.15) is 5.82 Å². The Bertz CT molecular complexity index is 717. The van der Waals surface area contributed by atoms with Gasteiger partial charge >= 0.3 is 6.03 Å². The van der Waals surface area contributed by atoms with Crippen molar-refractivity contribution in [3.8, 4) is 0 Å². The summed E-state index contributed by atoms with van der Waals surface area (Å²) in [6.07, 6.45) is 2.33. The van der Waals surface area contributed by atoms with Gasteiger partial charge in [-0.15, -0.1) is 0 Å². The number of aliphatic hydroxyl groups excluding tert-OH is 1. The van der Waals surface area contributed by atoms with Crippen molar-refractivity contribution in [2.75, 3.05) is 13.2 Å². The van der Waals surface area contributed by atoms with Crippen LogP contribution in [0.5, 0.6) is 0 Å². The number of hydrogen-bond acceptors (Lipinski definition) is 2. The zero-order valence-electron chi connectivity index (χ0n) is 14.0. The first-order chi connectivity index (χ1) is 12.1. The molecule has 2 aromatic rings. The average Bonchev–Trinajstić information content (AvgIpc) is 3.42. The Balaban J connectivity index is 1.59. The molecule has 0 bridgehead atoms. The maximum atomic E-state index is 13.4. The Labute approximate surface area is 147 Å². The van der Waals surface area contributed by atoms with Crippen LogP contribution in [-0.2, 0) is 5.41 Å². The summed E-state index contributed by atoms with van der Waals surface area (Å²) in [7, 11) is 0. The molecule has 2 amide bonds. The lowest BCUT2D eigenvalue weighted by molar-refractivity contribution is 0.228. The van der Waals surface area contributed by atoms with E-state index in [0.29, 0.717) is 13.0 Å². The van der Waals surface area contributed by atoms with Gasteiger partial charge in [0.05, 0.1) is 6.04 Å². The van der Waals surface area contributed by atoms with E-state index < -0.39 is 0 Å². The SMILES string of the molecule is O=C(NCC1(c2cccc(F)c2)CC1)N[C@H](CCO)c1ccccc1. The monoisotopic (exact) mass is 342 g/mol. The minimum absolute atomic E-state index is 0.00687. The minimum Gasteiger partial charge on any atom is -0.396 e. The summed E-state index contributed by atoms with van der Waals surface area (Å²) in [6.45, 7) is 0.468. The Morgan fingerprint density at radius 2 is 1.92 bits per heavy atom. The van der Waals surface area contributed by atoms with E-state index in [4.69, 9.17) is 0 Å². The van der Waals surface area contributed by atoms with E-state index in [1.54, 1.807) is 12.1 Å². The van der Waals surface area contributed by atoms with Crippen molar-refractivity contribution in [1.29, 1.82) is 0 Å². The second-order valence-corrected chi connectivity index (χ2v) is 6.59. The van der Waals surface area contributed by atoms with Crippen LogP contribution in [0, 0.1) is 5.82 Å². The molecule has 4 nitrogen and oxygen atoms in total. The fourth-order valence-electron chi connectivity index (χ4n) is 3.13. The van der Waals surface area contributed by atoms with E-state index in [-0.39, 0.29) is 29.9 Å². The zero-order valence-corrected chi connectivity index (χ0v) is 14.0. The average molecular weight is 342 g/mol. The first-order valence-electron chi connectivity index (χ1n) is 8.59. The van der Waals surface area contributed by atoms with Gasteiger partial charge in [0, 0.05) is 18.6 Å². The van der Waals surface area contributed by atoms with E-state index in [0.717, 1.165) is 24.0 Å². The van der Waals surface area contributed by atoms with Crippen molar-refractivity contribution in [1.82, 2.24) is 10.6 Å². The molecule has 0 aliphatic heterocycles. The molecule has 1 aliphatic carbocycles. The summed E-state index contributed by atoms with van der Waals surface area (Å²) in [5.74, 6) is -0.250. The summed E-state index contributed by atoms with van der Waals surface area (Å²) in [5.41, 5.74) is 1.74. The fraction of sp³-hybridized carbons (Fsp3) is 0.350. The van der Waals surface area contributed by atoms with E-state index in [9.17, 15) is 14.3 Å². The lowest BCUT2D eigenvalue weighted by atomic mass is 9.96. The molecule has 0 saturated heterocycles. The van der Waals surface area contributed by atoms with Crippen molar-refractivity contribution in [3.63, 3.8) is 0 Å². The van der Waals surface area contributed by atoms with Crippen molar-refractivity contribution in [2.45, 2.75) is 30.7 Å². The van der Waals surface area contributed by atoms with Crippen molar-refractivity contribution in [3.05, 3.63) is 71.5 Å². The van der Waals surface area contributed by atoms with E-state index in [1.807, 2.05) is 36.4 Å². The number of urea groups is 1. The number of carbonyl (C=O) groups is 1. The van der Waals surface area contributed by atoms with Crippen LogP contribution in [0.4, 0.5) is 9.18 Å².